The zero-order valence-corrected chi connectivity index (χ0v) is 20.2. The van der Waals surface area contributed by atoms with Crippen molar-refractivity contribution in [2.75, 3.05) is 35.2 Å². The van der Waals surface area contributed by atoms with E-state index in [0.717, 1.165) is 17.7 Å². The highest BCUT2D eigenvalue weighted by Crippen LogP contribution is 2.39. The molecule has 2 aliphatic rings. The van der Waals surface area contributed by atoms with Crippen molar-refractivity contribution >= 4 is 44.1 Å². The number of aliphatic hydroxyl groups excluding tert-OH is 1. The lowest BCUT2D eigenvalue weighted by molar-refractivity contribution is 0.411. The van der Waals surface area contributed by atoms with Crippen LogP contribution >= 0.6 is 11.3 Å². The van der Waals surface area contributed by atoms with Gasteiger partial charge in [-0.3, -0.25) is 9.71 Å². The van der Waals surface area contributed by atoms with Gasteiger partial charge in [0.05, 0.1) is 36.4 Å². The minimum atomic E-state index is -3.44. The number of rotatable bonds is 5. The Bertz CT molecular complexity index is 1380. The van der Waals surface area contributed by atoms with Crippen LogP contribution in [-0.4, -0.2) is 50.3 Å². The Morgan fingerprint density at radius 1 is 1.15 bits per heavy atom. The summed E-state index contributed by atoms with van der Waals surface area (Å²) in [4.78, 5) is 6.30. The summed E-state index contributed by atoms with van der Waals surface area (Å²) in [6, 6.07) is 14.9. The number of nitrogens with zero attached hydrogens (tertiary/aromatic N) is 3. The third kappa shape index (κ3) is 3.92. The first-order valence-corrected chi connectivity index (χ1v) is 13.4. The molecule has 1 fully saturated rings. The van der Waals surface area contributed by atoms with Crippen molar-refractivity contribution in [3.8, 4) is 17.0 Å². The second kappa shape index (κ2) is 8.77. The van der Waals surface area contributed by atoms with Gasteiger partial charge in [-0.15, -0.1) is 11.3 Å². The van der Waals surface area contributed by atoms with Gasteiger partial charge in [-0.1, -0.05) is 30.3 Å². The highest BCUT2D eigenvalue weighted by atomic mass is 32.2. The van der Waals surface area contributed by atoms with Crippen LogP contribution in [0.3, 0.4) is 0 Å². The molecule has 0 atom stereocenters. The van der Waals surface area contributed by atoms with Gasteiger partial charge in [-0.25, -0.2) is 13.4 Å². The number of benzene rings is 2. The summed E-state index contributed by atoms with van der Waals surface area (Å²) in [5, 5.41) is 22.0. The van der Waals surface area contributed by atoms with Crippen molar-refractivity contribution in [3.05, 3.63) is 64.7 Å². The van der Waals surface area contributed by atoms with E-state index < -0.39 is 10.0 Å². The van der Waals surface area contributed by atoms with E-state index in [2.05, 4.69) is 4.98 Å². The number of anilines is 2. The molecular weight excluding hydrogens is 472 g/mol. The van der Waals surface area contributed by atoms with Gasteiger partial charge in [-0.05, 0) is 31.0 Å². The van der Waals surface area contributed by atoms with E-state index in [-0.39, 0.29) is 23.9 Å². The predicted molar refractivity (Wildman–Crippen MR) is 136 cm³/mol. The summed E-state index contributed by atoms with van der Waals surface area (Å²) >= 11 is 1.37. The summed E-state index contributed by atoms with van der Waals surface area (Å²) in [6.07, 6.45) is 1.41. The molecule has 0 saturated carbocycles. The Morgan fingerprint density at radius 3 is 2.68 bits per heavy atom. The highest BCUT2D eigenvalue weighted by molar-refractivity contribution is 7.92. The second-order valence-electron chi connectivity index (χ2n) is 8.11. The van der Waals surface area contributed by atoms with Gasteiger partial charge < -0.3 is 14.7 Å². The molecule has 1 aromatic heterocycles. The number of hydrogen-bond donors (Lipinski definition) is 2. The smallest absolute Gasteiger partial charge is 0.235 e. The quantitative estimate of drug-likeness (QED) is 0.538. The Hall–Kier alpha value is -3.37. The standard InChI is InChI=1S/C24H24N4O4S2/c1-32-21-10-9-17(13-19(21)28-11-5-6-12-34(28,30)31)27-14-20(29)22(23(27)25)24-26-18(15-33-24)16-7-3-2-4-8-16/h2-4,7-10,13,15,25,29H,5-6,11-12,14H2,1H3. The van der Waals surface area contributed by atoms with E-state index in [1.54, 1.807) is 23.1 Å². The molecule has 0 radical (unpaired) electrons. The number of hydrogen-bond acceptors (Lipinski definition) is 7. The number of ether oxygens (including phenoxy) is 1. The van der Waals surface area contributed by atoms with Crippen LogP contribution in [0.2, 0.25) is 0 Å². The molecule has 2 aliphatic heterocycles. The fraction of sp³-hybridized carbons (Fsp3) is 0.250. The maximum absolute atomic E-state index is 12.7. The Balaban J connectivity index is 1.46. The van der Waals surface area contributed by atoms with Crippen LogP contribution < -0.4 is 13.9 Å². The van der Waals surface area contributed by atoms with Crippen molar-refractivity contribution < 1.29 is 18.3 Å². The molecule has 0 amide bonds. The molecule has 5 rings (SSSR count). The van der Waals surface area contributed by atoms with Crippen molar-refractivity contribution in [2.24, 2.45) is 0 Å². The summed E-state index contributed by atoms with van der Waals surface area (Å²) in [7, 11) is -1.93. The van der Waals surface area contributed by atoms with Gasteiger partial charge in [-0.2, -0.15) is 0 Å². The first-order chi connectivity index (χ1) is 16.4. The number of amidine groups is 1. The summed E-state index contributed by atoms with van der Waals surface area (Å²) in [5.74, 6) is 0.719. The topological polar surface area (TPSA) is 107 Å². The van der Waals surface area contributed by atoms with E-state index >= 15 is 0 Å². The minimum absolute atomic E-state index is 0.0573. The fourth-order valence-electron chi connectivity index (χ4n) is 4.26. The van der Waals surface area contributed by atoms with E-state index in [4.69, 9.17) is 10.1 Å². The van der Waals surface area contributed by atoms with E-state index in [9.17, 15) is 13.5 Å². The van der Waals surface area contributed by atoms with Gasteiger partial charge in [0.1, 0.15) is 22.4 Å². The van der Waals surface area contributed by atoms with Crippen molar-refractivity contribution in [3.63, 3.8) is 0 Å². The van der Waals surface area contributed by atoms with Crippen LogP contribution in [0.25, 0.3) is 16.8 Å². The van der Waals surface area contributed by atoms with Crippen LogP contribution in [0.4, 0.5) is 11.4 Å². The third-order valence-electron chi connectivity index (χ3n) is 5.98. The minimum Gasteiger partial charge on any atom is -0.510 e. The van der Waals surface area contributed by atoms with Gasteiger partial charge in [0, 0.05) is 23.2 Å². The molecule has 2 N–H and O–H groups in total. The van der Waals surface area contributed by atoms with Crippen molar-refractivity contribution in [1.82, 2.24) is 4.98 Å². The Kier molecular flexibility index (Phi) is 5.78. The Labute approximate surface area is 202 Å². The predicted octanol–water partition coefficient (Wildman–Crippen LogP) is 4.52. The molecule has 3 aromatic rings. The molecule has 0 bridgehead atoms. The first kappa shape index (κ1) is 22.4. The van der Waals surface area contributed by atoms with E-state index in [0.29, 0.717) is 40.7 Å². The Morgan fingerprint density at radius 2 is 1.94 bits per heavy atom. The molecule has 10 heteroatoms. The maximum Gasteiger partial charge on any atom is 0.235 e. The molecule has 2 aromatic carbocycles. The van der Waals surface area contributed by atoms with E-state index in [1.807, 2.05) is 35.7 Å². The zero-order valence-electron chi connectivity index (χ0n) is 18.6. The summed E-state index contributed by atoms with van der Waals surface area (Å²) < 4.78 is 32.3. The first-order valence-electron chi connectivity index (χ1n) is 10.9. The maximum atomic E-state index is 12.7. The molecule has 34 heavy (non-hydrogen) atoms. The van der Waals surface area contributed by atoms with Crippen LogP contribution in [0.1, 0.15) is 17.8 Å². The largest absolute Gasteiger partial charge is 0.510 e. The normalized spacial score (nSPS) is 18.0. The van der Waals surface area contributed by atoms with Crippen molar-refractivity contribution in [1.29, 1.82) is 5.41 Å². The number of methoxy groups -OCH3 is 1. The van der Waals surface area contributed by atoms with Gasteiger partial charge in [0.25, 0.3) is 0 Å². The van der Waals surface area contributed by atoms with Gasteiger partial charge in [0.2, 0.25) is 10.0 Å². The summed E-state index contributed by atoms with van der Waals surface area (Å²) in [6.45, 7) is 0.489. The second-order valence-corrected chi connectivity index (χ2v) is 11.0. The molecule has 3 heterocycles. The molecule has 1 saturated heterocycles. The molecule has 0 unspecified atom stereocenters. The lowest BCUT2D eigenvalue weighted by atomic mass is 10.2. The summed E-state index contributed by atoms with van der Waals surface area (Å²) in [5.41, 5.74) is 3.18. The zero-order chi connectivity index (χ0) is 23.9. The molecule has 0 spiro atoms. The fourth-order valence-corrected chi connectivity index (χ4v) is 6.79. The monoisotopic (exact) mass is 496 g/mol. The molecular formula is C24H24N4O4S2. The average molecular weight is 497 g/mol. The number of nitrogens with one attached hydrogen (secondary N) is 1. The highest BCUT2D eigenvalue weighted by Gasteiger charge is 2.33. The lowest BCUT2D eigenvalue weighted by Crippen LogP contribution is -2.38. The SMILES string of the molecule is COc1ccc(N2CC(O)=C(c3nc(-c4ccccc4)cs3)C2=N)cc1N1CCCCS1(=O)=O. The number of thiazole rings is 1. The van der Waals surface area contributed by atoms with E-state index in [1.165, 1.54) is 22.8 Å². The van der Waals surface area contributed by atoms with Crippen LogP contribution in [0.5, 0.6) is 5.75 Å². The van der Waals surface area contributed by atoms with Crippen molar-refractivity contribution in [2.45, 2.75) is 12.8 Å². The molecule has 8 nitrogen and oxygen atoms in total. The average Bonchev–Trinajstić information content (AvgIpc) is 3.43. The van der Waals surface area contributed by atoms with Gasteiger partial charge >= 0.3 is 0 Å². The number of aromatic nitrogens is 1. The lowest BCUT2D eigenvalue weighted by Gasteiger charge is -2.30. The number of sulfonamides is 1. The third-order valence-corrected chi connectivity index (χ3v) is 8.70. The van der Waals surface area contributed by atoms with Crippen LogP contribution in [0.15, 0.2) is 59.7 Å². The van der Waals surface area contributed by atoms with Gasteiger partial charge in [0.15, 0.2) is 0 Å². The molecule has 0 aliphatic carbocycles. The number of aliphatic hydroxyl groups is 1. The van der Waals surface area contributed by atoms with Crippen LogP contribution in [0, 0.1) is 5.41 Å². The molecule has 176 valence electrons. The van der Waals surface area contributed by atoms with Crippen LogP contribution in [-0.2, 0) is 10.0 Å².